The van der Waals surface area contributed by atoms with Crippen molar-refractivity contribution in [1.29, 1.82) is 0 Å². The van der Waals surface area contributed by atoms with Crippen LogP contribution >= 0.6 is 0 Å². The second-order valence-corrected chi connectivity index (χ2v) is 8.78. The van der Waals surface area contributed by atoms with Crippen LogP contribution in [-0.4, -0.2) is 25.6 Å². The third-order valence-electron chi connectivity index (χ3n) is 5.41. The summed E-state index contributed by atoms with van der Waals surface area (Å²) in [5, 5.41) is 15.2. The topological polar surface area (TPSA) is 76.8 Å². The minimum absolute atomic E-state index is 0.158. The number of hydrogen-bond acceptors (Lipinski definition) is 3. The lowest BCUT2D eigenvalue weighted by atomic mass is 10.1. The molecule has 2 aromatic carbocycles. The molecule has 0 spiro atoms. The zero-order valence-electron chi connectivity index (χ0n) is 19.7. The summed E-state index contributed by atoms with van der Waals surface area (Å²) in [5.41, 5.74) is 5.53. The molecule has 7 heteroatoms. The monoisotopic (exact) mass is 442 g/mol. The van der Waals surface area contributed by atoms with Gasteiger partial charge >= 0.3 is 6.03 Å². The predicted molar refractivity (Wildman–Crippen MR) is 133 cm³/mol. The molecule has 0 atom stereocenters. The molecular formula is C26H30N6O. The smallest absolute Gasteiger partial charge is 0.304 e. The lowest BCUT2D eigenvalue weighted by Crippen LogP contribution is -2.22. The molecule has 0 fully saturated rings. The van der Waals surface area contributed by atoms with E-state index in [0.29, 0.717) is 11.5 Å². The van der Waals surface area contributed by atoms with Crippen LogP contribution in [0.2, 0.25) is 0 Å². The Bertz CT molecular complexity index is 1250. The van der Waals surface area contributed by atoms with Crippen LogP contribution in [0, 0.1) is 6.92 Å². The number of nitrogens with zero attached hydrogens (tertiary/aromatic N) is 4. The van der Waals surface area contributed by atoms with Crippen molar-refractivity contribution in [2.24, 2.45) is 0 Å². The van der Waals surface area contributed by atoms with E-state index >= 15 is 0 Å². The van der Waals surface area contributed by atoms with Crippen molar-refractivity contribution < 1.29 is 4.79 Å². The van der Waals surface area contributed by atoms with E-state index in [1.54, 1.807) is 10.9 Å². The molecule has 0 aliphatic heterocycles. The number of rotatable bonds is 6. The summed E-state index contributed by atoms with van der Waals surface area (Å²) in [6.45, 7) is 10.4. The molecule has 2 heterocycles. The van der Waals surface area contributed by atoms with Crippen LogP contribution in [0.25, 0.3) is 11.4 Å². The molecule has 0 unspecified atom stereocenters. The maximum absolute atomic E-state index is 13.0. The fraction of sp³-hybridized carbons (Fsp3) is 0.269. The fourth-order valence-electron chi connectivity index (χ4n) is 3.78. The first kappa shape index (κ1) is 22.3. The van der Waals surface area contributed by atoms with E-state index in [4.69, 9.17) is 5.10 Å². The summed E-state index contributed by atoms with van der Waals surface area (Å²) in [6, 6.07) is 19.5. The molecule has 4 rings (SSSR count). The van der Waals surface area contributed by atoms with E-state index in [1.165, 1.54) is 0 Å². The van der Waals surface area contributed by atoms with Gasteiger partial charge in [-0.05, 0) is 48.6 Å². The van der Waals surface area contributed by atoms with Gasteiger partial charge in [0.2, 0.25) is 0 Å². The van der Waals surface area contributed by atoms with E-state index in [-0.39, 0.29) is 17.9 Å². The van der Waals surface area contributed by atoms with Gasteiger partial charge in [-0.1, -0.05) is 58.0 Å². The summed E-state index contributed by atoms with van der Waals surface area (Å²) in [4.78, 5) is 13.0. The molecule has 4 aromatic rings. The van der Waals surface area contributed by atoms with Crippen molar-refractivity contribution in [3.63, 3.8) is 0 Å². The minimum Gasteiger partial charge on any atom is -0.304 e. The Labute approximate surface area is 194 Å². The average molecular weight is 443 g/mol. The molecule has 0 aliphatic rings. The second kappa shape index (κ2) is 9.32. The fourth-order valence-corrected chi connectivity index (χ4v) is 3.78. The molecule has 170 valence electrons. The average Bonchev–Trinajstić information content (AvgIpc) is 3.39. The first-order valence-corrected chi connectivity index (χ1v) is 11.2. The summed E-state index contributed by atoms with van der Waals surface area (Å²) in [5.74, 6) is 1.00. The first-order valence-electron chi connectivity index (χ1n) is 11.2. The van der Waals surface area contributed by atoms with E-state index in [0.717, 1.165) is 28.3 Å². The quantitative estimate of drug-likeness (QED) is 0.370. The lowest BCUT2D eigenvalue weighted by molar-refractivity contribution is 0.262. The number of aryl methyl sites for hydroxylation is 1. The van der Waals surface area contributed by atoms with Gasteiger partial charge < -0.3 is 5.32 Å². The summed E-state index contributed by atoms with van der Waals surface area (Å²) in [7, 11) is 0. The number of para-hydroxylation sites is 1. The van der Waals surface area contributed by atoms with Crippen LogP contribution in [0.4, 0.5) is 16.3 Å². The molecule has 0 aliphatic carbocycles. The Kier molecular flexibility index (Phi) is 6.31. The zero-order valence-corrected chi connectivity index (χ0v) is 19.7. The number of carbonyl (C=O) groups is 1. The van der Waals surface area contributed by atoms with Gasteiger partial charge in [-0.15, -0.1) is 0 Å². The summed E-state index contributed by atoms with van der Waals surface area (Å²) < 4.78 is 3.65. The van der Waals surface area contributed by atoms with Crippen molar-refractivity contribution in [3.05, 3.63) is 83.8 Å². The molecule has 2 aromatic heterocycles. The predicted octanol–water partition coefficient (Wildman–Crippen LogP) is 6.26. The Morgan fingerprint density at radius 1 is 0.848 bits per heavy atom. The van der Waals surface area contributed by atoms with Gasteiger partial charge in [-0.25, -0.2) is 14.2 Å². The summed E-state index contributed by atoms with van der Waals surface area (Å²) >= 11 is 0. The number of benzene rings is 2. The number of hydrogen-bond donors (Lipinski definition) is 2. The number of anilines is 2. The standard InChI is InChI=1S/C26H30N6O/c1-17(2)22-15-24(31(30-22)20-11-7-6-8-12-20)29-26(33)28-23-16-27-32(25(23)18(3)4)21-13-9-10-19(5)14-21/h6-18H,1-5H3,(H2,28,29,33). The highest BCUT2D eigenvalue weighted by Gasteiger charge is 2.19. The van der Waals surface area contributed by atoms with Crippen LogP contribution in [0.15, 0.2) is 66.9 Å². The maximum Gasteiger partial charge on any atom is 0.324 e. The Morgan fingerprint density at radius 3 is 2.24 bits per heavy atom. The number of urea groups is 1. The van der Waals surface area contributed by atoms with E-state index in [2.05, 4.69) is 62.5 Å². The third-order valence-corrected chi connectivity index (χ3v) is 5.41. The maximum atomic E-state index is 13.0. The normalized spacial score (nSPS) is 11.2. The Balaban J connectivity index is 1.61. The third kappa shape index (κ3) is 4.82. The van der Waals surface area contributed by atoms with Gasteiger partial charge in [0.1, 0.15) is 5.82 Å². The van der Waals surface area contributed by atoms with Gasteiger partial charge in [0.25, 0.3) is 0 Å². The first-order chi connectivity index (χ1) is 15.8. The zero-order chi connectivity index (χ0) is 23.5. The highest BCUT2D eigenvalue weighted by atomic mass is 16.2. The summed E-state index contributed by atoms with van der Waals surface area (Å²) in [6.07, 6.45) is 1.70. The minimum atomic E-state index is -0.340. The van der Waals surface area contributed by atoms with Crippen molar-refractivity contribution in [2.75, 3.05) is 10.6 Å². The van der Waals surface area contributed by atoms with Crippen LogP contribution in [0.3, 0.4) is 0 Å². The van der Waals surface area contributed by atoms with E-state index < -0.39 is 0 Å². The number of amides is 2. The molecule has 0 saturated carbocycles. The largest absolute Gasteiger partial charge is 0.324 e. The van der Waals surface area contributed by atoms with Crippen molar-refractivity contribution in [1.82, 2.24) is 19.6 Å². The Morgan fingerprint density at radius 2 is 1.58 bits per heavy atom. The molecule has 0 bridgehead atoms. The molecular weight excluding hydrogens is 412 g/mol. The highest BCUT2D eigenvalue weighted by molar-refractivity contribution is 5.99. The molecule has 33 heavy (non-hydrogen) atoms. The number of nitrogens with one attached hydrogen (secondary N) is 2. The van der Waals surface area contributed by atoms with Crippen molar-refractivity contribution in [2.45, 2.75) is 46.5 Å². The number of carbonyl (C=O) groups excluding carboxylic acids is 1. The molecule has 2 amide bonds. The number of aromatic nitrogens is 4. The lowest BCUT2D eigenvalue weighted by Gasteiger charge is -2.14. The van der Waals surface area contributed by atoms with Crippen LogP contribution in [-0.2, 0) is 0 Å². The van der Waals surface area contributed by atoms with Gasteiger partial charge in [0.15, 0.2) is 0 Å². The molecule has 0 radical (unpaired) electrons. The molecule has 7 nitrogen and oxygen atoms in total. The molecule has 0 saturated heterocycles. The van der Waals surface area contributed by atoms with Gasteiger partial charge in [0.05, 0.1) is 34.6 Å². The van der Waals surface area contributed by atoms with E-state index in [1.807, 2.05) is 53.2 Å². The SMILES string of the molecule is Cc1cccc(-n2ncc(NC(=O)Nc3cc(C(C)C)nn3-c3ccccc3)c2C(C)C)c1. The van der Waals surface area contributed by atoms with Gasteiger partial charge in [-0.3, -0.25) is 5.32 Å². The van der Waals surface area contributed by atoms with Crippen molar-refractivity contribution >= 4 is 17.5 Å². The van der Waals surface area contributed by atoms with E-state index in [9.17, 15) is 4.79 Å². The molecule has 2 N–H and O–H groups in total. The van der Waals surface area contributed by atoms with Crippen molar-refractivity contribution in [3.8, 4) is 11.4 Å². The second-order valence-electron chi connectivity index (χ2n) is 8.78. The Hall–Kier alpha value is -3.87. The van der Waals surface area contributed by atoms with Crippen LogP contribution < -0.4 is 10.6 Å². The highest BCUT2D eigenvalue weighted by Crippen LogP contribution is 2.28. The van der Waals surface area contributed by atoms with Gasteiger partial charge in [-0.2, -0.15) is 10.2 Å². The van der Waals surface area contributed by atoms with Gasteiger partial charge in [0, 0.05) is 6.07 Å². The van der Waals surface area contributed by atoms with Crippen LogP contribution in [0.5, 0.6) is 0 Å². The van der Waals surface area contributed by atoms with Crippen LogP contribution in [0.1, 0.15) is 56.5 Å².